The number of hydrogen-bond acceptors (Lipinski definition) is 4. The van der Waals surface area contributed by atoms with Crippen LogP contribution in [0.15, 0.2) is 54.7 Å². The summed E-state index contributed by atoms with van der Waals surface area (Å²) < 4.78 is 7.64. The predicted molar refractivity (Wildman–Crippen MR) is 109 cm³/mol. The molecule has 3 aromatic rings. The molecule has 1 aliphatic rings. The van der Waals surface area contributed by atoms with Crippen LogP contribution in [0.1, 0.15) is 20.7 Å². The van der Waals surface area contributed by atoms with Gasteiger partial charge < -0.3 is 14.6 Å². The Morgan fingerprint density at radius 3 is 2.57 bits per heavy atom. The number of anilines is 1. The molecule has 144 valence electrons. The number of nitrogens with zero attached hydrogens (tertiary/aromatic N) is 2. The summed E-state index contributed by atoms with van der Waals surface area (Å²) in [6.07, 6.45) is 2.86. The molecule has 0 atom stereocenters. The fourth-order valence-corrected chi connectivity index (χ4v) is 3.46. The number of fused-ring (bicyclic) bond motifs is 1. The zero-order chi connectivity index (χ0) is 19.3. The van der Waals surface area contributed by atoms with Gasteiger partial charge in [0.05, 0.1) is 13.2 Å². The first-order chi connectivity index (χ1) is 13.7. The van der Waals surface area contributed by atoms with E-state index >= 15 is 0 Å². The number of carbonyl (C=O) groups excluding carboxylic acids is 2. The van der Waals surface area contributed by atoms with Crippen LogP contribution in [0, 0.1) is 0 Å². The van der Waals surface area contributed by atoms with Crippen molar-refractivity contribution in [1.29, 1.82) is 0 Å². The zero-order valence-electron chi connectivity index (χ0n) is 15.6. The quantitative estimate of drug-likeness (QED) is 0.671. The van der Waals surface area contributed by atoms with Crippen molar-refractivity contribution in [3.05, 3.63) is 65.9 Å². The third kappa shape index (κ3) is 4.13. The predicted octanol–water partition coefficient (Wildman–Crippen LogP) is 3.04. The van der Waals surface area contributed by atoms with Crippen molar-refractivity contribution in [1.82, 2.24) is 9.47 Å². The molecule has 4 rings (SSSR count). The topological polar surface area (TPSA) is 63.6 Å². The molecule has 0 spiro atoms. The first kappa shape index (κ1) is 18.4. The summed E-state index contributed by atoms with van der Waals surface area (Å²) in [5.74, 6) is -0.191. The average molecular weight is 377 g/mol. The van der Waals surface area contributed by atoms with Gasteiger partial charge in [0, 0.05) is 60.1 Å². The van der Waals surface area contributed by atoms with Gasteiger partial charge in [-0.05, 0) is 36.4 Å². The number of carbonyl (C=O) groups is 2. The number of amides is 1. The Kier molecular flexibility index (Phi) is 5.50. The maximum Gasteiger partial charge on any atom is 0.255 e. The fraction of sp³-hybridized carbons (Fsp3) is 0.273. The van der Waals surface area contributed by atoms with Crippen molar-refractivity contribution in [2.75, 3.05) is 38.2 Å². The van der Waals surface area contributed by atoms with Gasteiger partial charge in [0.25, 0.3) is 5.91 Å². The molecule has 2 aromatic carbocycles. The van der Waals surface area contributed by atoms with Crippen LogP contribution in [0.5, 0.6) is 0 Å². The number of ether oxygens (including phenoxy) is 1. The summed E-state index contributed by atoms with van der Waals surface area (Å²) in [6, 6.07) is 14.6. The highest BCUT2D eigenvalue weighted by Gasteiger charge is 2.11. The van der Waals surface area contributed by atoms with Crippen LogP contribution in [0.4, 0.5) is 5.69 Å². The smallest absolute Gasteiger partial charge is 0.255 e. The van der Waals surface area contributed by atoms with E-state index in [0.29, 0.717) is 11.1 Å². The van der Waals surface area contributed by atoms with Crippen LogP contribution in [-0.4, -0.2) is 54.5 Å². The van der Waals surface area contributed by atoms with Gasteiger partial charge in [0.1, 0.15) is 6.29 Å². The lowest BCUT2D eigenvalue weighted by atomic mass is 10.1. The number of benzene rings is 2. The molecule has 6 heteroatoms. The van der Waals surface area contributed by atoms with Crippen molar-refractivity contribution >= 4 is 28.8 Å². The highest BCUT2D eigenvalue weighted by atomic mass is 16.5. The van der Waals surface area contributed by atoms with Gasteiger partial charge in [-0.25, -0.2) is 0 Å². The molecule has 2 heterocycles. The highest BCUT2D eigenvalue weighted by Crippen LogP contribution is 2.21. The molecule has 0 aliphatic carbocycles. The second kappa shape index (κ2) is 8.37. The summed E-state index contributed by atoms with van der Waals surface area (Å²) in [5.41, 5.74) is 2.98. The van der Waals surface area contributed by atoms with Crippen molar-refractivity contribution < 1.29 is 14.3 Å². The van der Waals surface area contributed by atoms with E-state index in [1.807, 2.05) is 18.2 Å². The molecule has 1 aromatic heterocycles. The molecule has 0 bridgehead atoms. The van der Waals surface area contributed by atoms with E-state index in [9.17, 15) is 9.59 Å². The maximum atomic E-state index is 12.4. The van der Waals surface area contributed by atoms with E-state index in [0.717, 1.165) is 62.3 Å². The largest absolute Gasteiger partial charge is 0.379 e. The van der Waals surface area contributed by atoms with Crippen LogP contribution in [0.25, 0.3) is 10.9 Å². The average Bonchev–Trinajstić information content (AvgIpc) is 3.15. The first-order valence-corrected chi connectivity index (χ1v) is 9.48. The van der Waals surface area contributed by atoms with E-state index < -0.39 is 0 Å². The van der Waals surface area contributed by atoms with Crippen molar-refractivity contribution in [2.45, 2.75) is 6.54 Å². The third-order valence-electron chi connectivity index (χ3n) is 5.10. The van der Waals surface area contributed by atoms with Gasteiger partial charge in [-0.15, -0.1) is 0 Å². The lowest BCUT2D eigenvalue weighted by Gasteiger charge is -2.26. The monoisotopic (exact) mass is 377 g/mol. The third-order valence-corrected chi connectivity index (χ3v) is 5.10. The Hall–Kier alpha value is -2.96. The van der Waals surface area contributed by atoms with Gasteiger partial charge in [0.2, 0.25) is 0 Å². The number of morpholine rings is 1. The summed E-state index contributed by atoms with van der Waals surface area (Å²) in [4.78, 5) is 25.6. The SMILES string of the molecule is O=Cc1ccc(C(=O)Nc2ccc3c(ccn3CCN3CCOCC3)c2)cc1. The van der Waals surface area contributed by atoms with Gasteiger partial charge in [-0.1, -0.05) is 12.1 Å². The molecule has 1 aliphatic heterocycles. The lowest BCUT2D eigenvalue weighted by molar-refractivity contribution is 0.0365. The summed E-state index contributed by atoms with van der Waals surface area (Å²) >= 11 is 0. The molecule has 0 radical (unpaired) electrons. The number of hydrogen-bond donors (Lipinski definition) is 1. The highest BCUT2D eigenvalue weighted by molar-refractivity contribution is 6.05. The van der Waals surface area contributed by atoms with Gasteiger partial charge in [-0.2, -0.15) is 0 Å². The Morgan fingerprint density at radius 2 is 1.82 bits per heavy atom. The minimum Gasteiger partial charge on any atom is -0.379 e. The minimum absolute atomic E-state index is 0.191. The number of aldehydes is 1. The second-order valence-corrected chi connectivity index (χ2v) is 6.93. The molecule has 1 fully saturated rings. The molecular formula is C22H23N3O3. The van der Waals surface area contributed by atoms with Crippen LogP contribution in [-0.2, 0) is 11.3 Å². The summed E-state index contributed by atoms with van der Waals surface area (Å²) in [7, 11) is 0. The van der Waals surface area contributed by atoms with Crippen molar-refractivity contribution in [2.24, 2.45) is 0 Å². The van der Waals surface area contributed by atoms with Crippen LogP contribution in [0.2, 0.25) is 0 Å². The Balaban J connectivity index is 1.42. The van der Waals surface area contributed by atoms with E-state index in [2.05, 4.69) is 27.0 Å². The summed E-state index contributed by atoms with van der Waals surface area (Å²) in [6.45, 7) is 5.54. The lowest BCUT2D eigenvalue weighted by Crippen LogP contribution is -2.38. The fourth-order valence-electron chi connectivity index (χ4n) is 3.46. The number of nitrogens with one attached hydrogen (secondary N) is 1. The maximum absolute atomic E-state index is 12.4. The molecule has 1 N–H and O–H groups in total. The molecule has 0 saturated carbocycles. The number of aromatic nitrogens is 1. The van der Waals surface area contributed by atoms with Gasteiger partial charge in [-0.3, -0.25) is 14.5 Å². The molecule has 0 unspecified atom stereocenters. The van der Waals surface area contributed by atoms with Crippen molar-refractivity contribution in [3.63, 3.8) is 0 Å². The van der Waals surface area contributed by atoms with Crippen LogP contribution >= 0.6 is 0 Å². The molecule has 6 nitrogen and oxygen atoms in total. The van der Waals surface area contributed by atoms with Gasteiger partial charge in [0.15, 0.2) is 0 Å². The summed E-state index contributed by atoms with van der Waals surface area (Å²) in [5, 5.41) is 4.02. The van der Waals surface area contributed by atoms with E-state index in [4.69, 9.17) is 4.74 Å². The van der Waals surface area contributed by atoms with Crippen LogP contribution in [0.3, 0.4) is 0 Å². The normalized spacial score (nSPS) is 14.9. The van der Waals surface area contributed by atoms with E-state index in [-0.39, 0.29) is 5.91 Å². The molecule has 1 saturated heterocycles. The van der Waals surface area contributed by atoms with E-state index in [1.165, 1.54) is 0 Å². The van der Waals surface area contributed by atoms with E-state index in [1.54, 1.807) is 24.3 Å². The standard InChI is InChI=1S/C22H23N3O3/c26-16-17-1-3-18(4-2-17)22(27)23-20-5-6-21-19(15-20)7-8-25(21)10-9-24-11-13-28-14-12-24/h1-8,15-16H,9-14H2,(H,23,27). The number of rotatable bonds is 6. The first-order valence-electron chi connectivity index (χ1n) is 9.48. The molecule has 1 amide bonds. The van der Waals surface area contributed by atoms with Gasteiger partial charge >= 0.3 is 0 Å². The zero-order valence-corrected chi connectivity index (χ0v) is 15.6. The molecule has 28 heavy (non-hydrogen) atoms. The van der Waals surface area contributed by atoms with Crippen LogP contribution < -0.4 is 5.32 Å². The Bertz CT molecular complexity index is 972. The Labute approximate surface area is 163 Å². The van der Waals surface area contributed by atoms with Crippen molar-refractivity contribution in [3.8, 4) is 0 Å². The second-order valence-electron chi connectivity index (χ2n) is 6.93. The Morgan fingerprint density at radius 1 is 1.04 bits per heavy atom. The minimum atomic E-state index is -0.191. The molecular weight excluding hydrogens is 354 g/mol.